The molecule has 1 aromatic heterocycles. The molecule has 30 heavy (non-hydrogen) atoms. The topological polar surface area (TPSA) is 89.2 Å². The van der Waals surface area contributed by atoms with Gasteiger partial charge in [-0.25, -0.2) is 0 Å². The Bertz CT molecular complexity index is 1000. The second-order valence-corrected chi connectivity index (χ2v) is 11.4. The van der Waals surface area contributed by atoms with Crippen molar-refractivity contribution in [2.24, 2.45) is 17.8 Å². The molecule has 4 saturated carbocycles. The lowest BCUT2D eigenvalue weighted by Crippen LogP contribution is -2.48. The number of anilines is 1. The number of nitro benzene ring substituents is 1. The third-order valence-corrected chi connectivity index (χ3v) is 9.73. The first kappa shape index (κ1) is 18.7. The van der Waals surface area contributed by atoms with Crippen molar-refractivity contribution >= 4 is 39.8 Å². The number of non-ortho nitro benzene ring substituents is 1. The fourth-order valence-corrected chi connectivity index (χ4v) is 8.89. The maximum absolute atomic E-state index is 12.7. The van der Waals surface area contributed by atoms with Gasteiger partial charge in [-0.05, 0) is 61.8 Å². The molecule has 0 radical (unpaired) electrons. The van der Waals surface area contributed by atoms with Crippen LogP contribution in [0.5, 0.6) is 0 Å². The number of hydrogen-bond donors (Lipinski definition) is 0. The minimum Gasteiger partial charge on any atom is -0.273 e. The smallest absolute Gasteiger partial charge is 0.269 e. The summed E-state index contributed by atoms with van der Waals surface area (Å²) in [5.41, 5.74) is 0.951. The fourth-order valence-electron chi connectivity index (χ4n) is 6.57. The summed E-state index contributed by atoms with van der Waals surface area (Å²) in [7, 11) is 0. The summed E-state index contributed by atoms with van der Waals surface area (Å²) >= 11 is 3.06. The minimum atomic E-state index is -0.397. The molecule has 0 unspecified atom stereocenters. The van der Waals surface area contributed by atoms with Gasteiger partial charge in [0.1, 0.15) is 10.4 Å². The zero-order chi connectivity index (χ0) is 20.5. The zero-order valence-electron chi connectivity index (χ0n) is 16.4. The van der Waals surface area contributed by atoms with Crippen LogP contribution in [0.25, 0.3) is 0 Å². The maximum Gasteiger partial charge on any atom is 0.269 e. The molecule has 0 N–H and O–H groups in total. The van der Waals surface area contributed by atoms with Crippen LogP contribution in [0.2, 0.25) is 0 Å². The van der Waals surface area contributed by atoms with E-state index in [0.29, 0.717) is 10.9 Å². The predicted octanol–water partition coefficient (Wildman–Crippen LogP) is 4.69. The van der Waals surface area contributed by atoms with Gasteiger partial charge in [0.05, 0.1) is 10.7 Å². The van der Waals surface area contributed by atoms with Gasteiger partial charge in [-0.3, -0.25) is 19.8 Å². The van der Waals surface area contributed by atoms with Crippen molar-refractivity contribution in [2.75, 3.05) is 10.7 Å². The summed E-state index contributed by atoms with van der Waals surface area (Å²) in [5, 5.41) is 21.7. The lowest BCUT2D eigenvalue weighted by atomic mass is 9.50. The van der Waals surface area contributed by atoms with Crippen molar-refractivity contribution < 1.29 is 9.72 Å². The highest BCUT2D eigenvalue weighted by Gasteiger charge is 2.53. The number of aromatic nitrogens is 2. The molecule has 0 spiro atoms. The van der Waals surface area contributed by atoms with Crippen molar-refractivity contribution in [1.82, 2.24) is 10.2 Å². The molecule has 2 aromatic rings. The summed E-state index contributed by atoms with van der Waals surface area (Å²) in [4.78, 5) is 25.2. The van der Waals surface area contributed by atoms with Crippen molar-refractivity contribution in [3.8, 4) is 0 Å². The average Bonchev–Trinajstić information content (AvgIpc) is 3.34. The zero-order valence-corrected chi connectivity index (χ0v) is 18.0. The summed E-state index contributed by atoms with van der Waals surface area (Å²) < 4.78 is 0. The SMILES string of the molecule is O=C1CS[C@@H](c2cccc([N+](=O)[O-])c2)N1c1nnc(C23CC4CC(CC(C4)C2)C3)s1. The minimum absolute atomic E-state index is 0.00952. The van der Waals surface area contributed by atoms with Gasteiger partial charge in [0, 0.05) is 17.5 Å². The van der Waals surface area contributed by atoms with E-state index in [0.717, 1.165) is 28.3 Å². The van der Waals surface area contributed by atoms with Crippen LogP contribution >= 0.6 is 23.1 Å². The van der Waals surface area contributed by atoms with Gasteiger partial charge in [-0.1, -0.05) is 23.5 Å². The number of carbonyl (C=O) groups excluding carboxylic acids is 1. The molecule has 7 rings (SSSR count). The molecular weight excluding hydrogens is 420 g/mol. The summed E-state index contributed by atoms with van der Waals surface area (Å²) in [6.07, 6.45) is 7.77. The standard InChI is InChI=1S/C21H22N4O3S2/c26-17-11-29-18(15-2-1-3-16(7-15)25(27)28)24(17)20-23-22-19(30-20)21-8-12-4-13(9-21)6-14(5-12)10-21/h1-3,7,12-14,18H,4-6,8-11H2/t12?,13?,14?,18-,21?/m0/s1. The molecule has 1 amide bonds. The number of nitrogens with zero attached hydrogens (tertiary/aromatic N) is 4. The summed E-state index contributed by atoms with van der Waals surface area (Å²) in [5.74, 6) is 2.81. The maximum atomic E-state index is 12.7. The Balaban J connectivity index is 1.33. The Morgan fingerprint density at radius 3 is 2.47 bits per heavy atom. The largest absolute Gasteiger partial charge is 0.273 e. The van der Waals surface area contributed by atoms with Gasteiger partial charge in [-0.2, -0.15) is 0 Å². The van der Waals surface area contributed by atoms with Crippen LogP contribution in [-0.4, -0.2) is 26.8 Å². The normalized spacial score (nSPS) is 34.7. The van der Waals surface area contributed by atoms with Crippen molar-refractivity contribution in [1.29, 1.82) is 0 Å². The Morgan fingerprint density at radius 2 is 1.80 bits per heavy atom. The Labute approximate surface area is 182 Å². The lowest BCUT2D eigenvalue weighted by molar-refractivity contribution is -0.384. The monoisotopic (exact) mass is 442 g/mol. The van der Waals surface area contributed by atoms with Gasteiger partial charge >= 0.3 is 0 Å². The highest BCUT2D eigenvalue weighted by atomic mass is 32.2. The van der Waals surface area contributed by atoms with Crippen molar-refractivity contribution in [3.63, 3.8) is 0 Å². The van der Waals surface area contributed by atoms with E-state index < -0.39 is 4.92 Å². The number of nitro groups is 1. The van der Waals surface area contributed by atoms with Crippen molar-refractivity contribution in [2.45, 2.75) is 49.3 Å². The average molecular weight is 443 g/mol. The van der Waals surface area contributed by atoms with Crippen LogP contribution in [-0.2, 0) is 10.2 Å². The molecule has 9 heteroatoms. The van der Waals surface area contributed by atoms with Gasteiger partial charge in [0.15, 0.2) is 0 Å². The molecule has 2 heterocycles. The molecule has 1 saturated heterocycles. The molecule has 5 aliphatic rings. The summed E-state index contributed by atoms with van der Waals surface area (Å²) in [6, 6.07) is 6.56. The highest BCUT2D eigenvalue weighted by Crippen LogP contribution is 2.61. The van der Waals surface area contributed by atoms with Crippen LogP contribution in [0.1, 0.15) is 54.5 Å². The first-order valence-electron chi connectivity index (χ1n) is 10.5. The quantitative estimate of drug-likeness (QED) is 0.504. The predicted molar refractivity (Wildman–Crippen MR) is 116 cm³/mol. The van der Waals surface area contributed by atoms with E-state index in [4.69, 9.17) is 0 Å². The third-order valence-electron chi connectivity index (χ3n) is 7.35. The van der Waals surface area contributed by atoms with E-state index in [9.17, 15) is 14.9 Å². The van der Waals surface area contributed by atoms with Crippen LogP contribution < -0.4 is 4.90 Å². The molecule has 4 aliphatic carbocycles. The molecule has 1 aliphatic heterocycles. The van der Waals surface area contributed by atoms with E-state index in [1.54, 1.807) is 28.4 Å². The number of amides is 1. The van der Waals surface area contributed by atoms with Crippen molar-refractivity contribution in [3.05, 3.63) is 45.0 Å². The number of rotatable bonds is 4. The molecular formula is C21H22N4O3S2. The summed E-state index contributed by atoms with van der Waals surface area (Å²) in [6.45, 7) is 0. The van der Waals surface area contributed by atoms with E-state index in [2.05, 4.69) is 10.2 Å². The van der Waals surface area contributed by atoms with Gasteiger partial charge in [0.2, 0.25) is 11.0 Å². The number of thioether (sulfide) groups is 1. The fraction of sp³-hybridized carbons (Fsp3) is 0.571. The van der Waals surface area contributed by atoms with Gasteiger partial charge < -0.3 is 0 Å². The molecule has 7 nitrogen and oxygen atoms in total. The van der Waals surface area contributed by atoms with E-state index in [-0.39, 0.29) is 22.4 Å². The van der Waals surface area contributed by atoms with Crippen LogP contribution in [0.15, 0.2) is 24.3 Å². The molecule has 4 bridgehead atoms. The molecule has 156 valence electrons. The van der Waals surface area contributed by atoms with Crippen LogP contribution in [0.4, 0.5) is 10.8 Å². The number of carbonyl (C=O) groups is 1. The van der Waals surface area contributed by atoms with Gasteiger partial charge in [0.25, 0.3) is 5.69 Å². The third kappa shape index (κ3) is 2.89. The van der Waals surface area contributed by atoms with E-state index in [1.807, 2.05) is 6.07 Å². The van der Waals surface area contributed by atoms with Crippen LogP contribution in [0.3, 0.4) is 0 Å². The Kier molecular flexibility index (Phi) is 4.22. The van der Waals surface area contributed by atoms with Gasteiger partial charge in [-0.15, -0.1) is 22.0 Å². The Hall–Kier alpha value is -2.00. The molecule has 1 atom stereocenters. The Morgan fingerprint density at radius 1 is 1.10 bits per heavy atom. The molecule has 5 fully saturated rings. The first-order valence-corrected chi connectivity index (χ1v) is 12.4. The second-order valence-electron chi connectivity index (χ2n) is 9.37. The van der Waals surface area contributed by atoms with E-state index in [1.165, 1.54) is 56.4 Å². The molecule has 1 aromatic carbocycles. The number of hydrogen-bond acceptors (Lipinski definition) is 7. The first-order chi connectivity index (χ1) is 14.5. The highest BCUT2D eigenvalue weighted by molar-refractivity contribution is 8.00. The lowest BCUT2D eigenvalue weighted by Gasteiger charge is -2.55. The van der Waals surface area contributed by atoms with E-state index >= 15 is 0 Å². The number of benzene rings is 1. The second kappa shape index (κ2) is 6.75. The van der Waals surface area contributed by atoms with Crippen LogP contribution in [0, 0.1) is 27.9 Å².